The Bertz CT molecular complexity index is 1730. The highest BCUT2D eigenvalue weighted by molar-refractivity contribution is 6.28. The van der Waals surface area contributed by atoms with Gasteiger partial charge < -0.3 is 14.0 Å². The molecule has 1 aromatic heterocycles. The van der Waals surface area contributed by atoms with Gasteiger partial charge in [-0.3, -0.25) is 0 Å². The van der Waals surface area contributed by atoms with Crippen LogP contribution in [0.5, 0.6) is 11.5 Å². The van der Waals surface area contributed by atoms with Crippen molar-refractivity contribution < 1.29 is 14.0 Å². The van der Waals surface area contributed by atoms with Crippen LogP contribution in [-0.4, -0.2) is 22.6 Å². The van der Waals surface area contributed by atoms with Crippen molar-refractivity contribution in [2.24, 2.45) is 9.98 Å². The quantitative estimate of drug-likeness (QED) is 0.436. The number of fused-ring (bicyclic) bond motifs is 4. The molecule has 3 aliphatic heterocycles. The van der Waals surface area contributed by atoms with E-state index in [4.69, 9.17) is 24.0 Å². The van der Waals surface area contributed by atoms with Crippen molar-refractivity contribution in [1.82, 2.24) is 10.1 Å². The zero-order chi connectivity index (χ0) is 21.4. The van der Waals surface area contributed by atoms with Gasteiger partial charge in [0, 0.05) is 21.2 Å². The lowest BCUT2D eigenvalue weighted by molar-refractivity contribution is 0.174. The average Bonchev–Trinajstić information content (AvgIpc) is 3.58. The fourth-order valence-electron chi connectivity index (χ4n) is 4.62. The van der Waals surface area contributed by atoms with Gasteiger partial charge in [0.15, 0.2) is 11.5 Å². The molecule has 7 rings (SSSR count). The molecular formula is C25H16N4O3. The molecule has 0 aliphatic carbocycles. The first-order chi connectivity index (χ1) is 15.7. The van der Waals surface area contributed by atoms with Crippen LogP contribution < -0.4 is 20.0 Å². The van der Waals surface area contributed by atoms with Gasteiger partial charge in [0.05, 0.1) is 16.7 Å². The topological polar surface area (TPSA) is 82.1 Å². The zero-order valence-corrected chi connectivity index (χ0v) is 17.3. The minimum Gasteiger partial charge on any atom is -0.454 e. The van der Waals surface area contributed by atoms with Crippen molar-refractivity contribution in [2.45, 2.75) is 13.8 Å². The third kappa shape index (κ3) is 2.30. The molecule has 0 unspecified atom stereocenters. The molecule has 3 aliphatic rings. The first-order valence-corrected chi connectivity index (χ1v) is 10.3. The van der Waals surface area contributed by atoms with E-state index in [1.807, 2.05) is 43.3 Å². The molecule has 4 aromatic rings. The Morgan fingerprint density at radius 1 is 0.875 bits per heavy atom. The lowest BCUT2D eigenvalue weighted by Crippen LogP contribution is -2.10. The second kappa shape index (κ2) is 6.13. The Labute approximate surface area is 181 Å². The van der Waals surface area contributed by atoms with E-state index in [2.05, 4.69) is 29.2 Å². The SMILES string of the molecule is CC1=c2c(cc3c(c2C)N=c2ccccc2=3)N=C1c1nc(-c2ccc3c(c2)OCO3)no1. The molecule has 32 heavy (non-hydrogen) atoms. The van der Waals surface area contributed by atoms with E-state index >= 15 is 0 Å². The molecule has 4 heterocycles. The number of hydrogen-bond acceptors (Lipinski definition) is 7. The van der Waals surface area contributed by atoms with Gasteiger partial charge in [-0.2, -0.15) is 4.98 Å². The summed E-state index contributed by atoms with van der Waals surface area (Å²) in [5.41, 5.74) is 5.52. The van der Waals surface area contributed by atoms with Gasteiger partial charge in [-0.05, 0) is 55.3 Å². The van der Waals surface area contributed by atoms with Crippen molar-refractivity contribution in [3.05, 3.63) is 81.0 Å². The van der Waals surface area contributed by atoms with E-state index in [-0.39, 0.29) is 6.79 Å². The summed E-state index contributed by atoms with van der Waals surface area (Å²) in [6.45, 7) is 4.36. The van der Waals surface area contributed by atoms with Crippen LogP contribution in [0.1, 0.15) is 18.4 Å². The Morgan fingerprint density at radius 3 is 2.69 bits per heavy atom. The Hall–Kier alpha value is -4.26. The normalized spacial score (nSPS) is 14.7. The van der Waals surface area contributed by atoms with E-state index in [0.29, 0.717) is 28.9 Å². The van der Waals surface area contributed by atoms with E-state index in [1.165, 1.54) is 0 Å². The third-order valence-electron chi connectivity index (χ3n) is 6.17. The molecule has 154 valence electrons. The summed E-state index contributed by atoms with van der Waals surface area (Å²) in [5, 5.41) is 8.51. The lowest BCUT2D eigenvalue weighted by atomic mass is 10.0. The molecule has 0 amide bonds. The molecule has 0 N–H and O–H groups in total. The van der Waals surface area contributed by atoms with Crippen molar-refractivity contribution >= 4 is 22.7 Å². The fraction of sp³-hybridized carbons (Fsp3) is 0.120. The number of hydrogen-bond donors (Lipinski definition) is 0. The zero-order valence-electron chi connectivity index (χ0n) is 17.3. The second-order valence-electron chi connectivity index (χ2n) is 8.00. The highest BCUT2D eigenvalue weighted by Crippen LogP contribution is 2.35. The molecule has 0 fully saturated rings. The predicted molar refractivity (Wildman–Crippen MR) is 117 cm³/mol. The Balaban J connectivity index is 1.36. The number of aromatic nitrogens is 2. The summed E-state index contributed by atoms with van der Waals surface area (Å²) >= 11 is 0. The average molecular weight is 420 g/mol. The summed E-state index contributed by atoms with van der Waals surface area (Å²) in [6.07, 6.45) is 0. The van der Waals surface area contributed by atoms with Crippen LogP contribution in [0.2, 0.25) is 0 Å². The van der Waals surface area contributed by atoms with Gasteiger partial charge in [0.1, 0.15) is 5.71 Å². The largest absolute Gasteiger partial charge is 0.454 e. The summed E-state index contributed by atoms with van der Waals surface area (Å²) in [6, 6.07) is 15.9. The first-order valence-electron chi connectivity index (χ1n) is 10.3. The van der Waals surface area contributed by atoms with Crippen molar-refractivity contribution in [2.75, 3.05) is 6.79 Å². The van der Waals surface area contributed by atoms with E-state index in [9.17, 15) is 0 Å². The number of benzene rings is 3. The number of ether oxygens (including phenoxy) is 2. The van der Waals surface area contributed by atoms with E-state index in [1.54, 1.807) is 0 Å². The fourth-order valence-corrected chi connectivity index (χ4v) is 4.62. The molecule has 0 spiro atoms. The van der Waals surface area contributed by atoms with Crippen molar-refractivity contribution in [1.29, 1.82) is 0 Å². The first kappa shape index (κ1) is 17.4. The molecule has 0 saturated heterocycles. The number of aliphatic imine (C=N–C) groups is 1. The summed E-state index contributed by atoms with van der Waals surface area (Å²) in [7, 11) is 0. The van der Waals surface area contributed by atoms with Gasteiger partial charge in [-0.1, -0.05) is 23.4 Å². The summed E-state index contributed by atoms with van der Waals surface area (Å²) in [4.78, 5) is 14.4. The highest BCUT2D eigenvalue weighted by Gasteiger charge is 2.25. The number of rotatable bonds is 2. The van der Waals surface area contributed by atoms with Crippen LogP contribution in [0, 0.1) is 17.4 Å². The van der Waals surface area contributed by atoms with Gasteiger partial charge in [0.2, 0.25) is 12.6 Å². The molecular weight excluding hydrogens is 404 g/mol. The van der Waals surface area contributed by atoms with E-state index in [0.717, 1.165) is 49.1 Å². The van der Waals surface area contributed by atoms with Gasteiger partial charge >= 0.3 is 0 Å². The Morgan fingerprint density at radius 2 is 1.75 bits per heavy atom. The van der Waals surface area contributed by atoms with Gasteiger partial charge in [-0.25, -0.2) is 9.98 Å². The van der Waals surface area contributed by atoms with Gasteiger partial charge in [-0.15, -0.1) is 0 Å². The second-order valence-corrected chi connectivity index (χ2v) is 8.00. The molecule has 7 heteroatoms. The summed E-state index contributed by atoms with van der Waals surface area (Å²) < 4.78 is 16.4. The predicted octanol–water partition coefficient (Wildman–Crippen LogP) is 3.63. The van der Waals surface area contributed by atoms with E-state index < -0.39 is 0 Å². The minimum absolute atomic E-state index is 0.222. The van der Waals surface area contributed by atoms with Crippen LogP contribution in [0.15, 0.2) is 63.0 Å². The summed E-state index contributed by atoms with van der Waals surface area (Å²) in [5.74, 6) is 2.26. The highest BCUT2D eigenvalue weighted by atomic mass is 16.7. The molecule has 7 nitrogen and oxygen atoms in total. The standard InChI is InChI=1S/C25H16N4O3/c1-12-21-13(2)23(27-18(21)10-16-15-5-3-4-6-17(15)26-22(12)16)25-28-24(29-32-25)14-7-8-19-20(9-14)31-11-30-19/h3-10H,11H2,1-2H3. The maximum atomic E-state index is 5.61. The van der Waals surface area contributed by atoms with Crippen LogP contribution >= 0.6 is 0 Å². The van der Waals surface area contributed by atoms with Crippen LogP contribution in [0.3, 0.4) is 0 Å². The molecule has 0 atom stereocenters. The van der Waals surface area contributed by atoms with Crippen LogP contribution in [-0.2, 0) is 0 Å². The maximum Gasteiger partial charge on any atom is 0.277 e. The van der Waals surface area contributed by atoms with Crippen molar-refractivity contribution in [3.8, 4) is 22.9 Å². The lowest BCUT2D eigenvalue weighted by Gasteiger charge is -2.02. The van der Waals surface area contributed by atoms with Crippen molar-refractivity contribution in [3.63, 3.8) is 0 Å². The maximum absolute atomic E-state index is 5.61. The molecule has 0 bridgehead atoms. The monoisotopic (exact) mass is 420 g/mol. The smallest absolute Gasteiger partial charge is 0.277 e. The van der Waals surface area contributed by atoms with Crippen LogP contribution in [0.4, 0.5) is 11.4 Å². The molecule has 0 radical (unpaired) electrons. The van der Waals surface area contributed by atoms with Crippen LogP contribution in [0.25, 0.3) is 17.0 Å². The molecule has 0 saturated carbocycles. The number of nitrogens with zero attached hydrogens (tertiary/aromatic N) is 4. The molecule has 3 aromatic carbocycles. The number of para-hydroxylation sites is 1. The van der Waals surface area contributed by atoms with Gasteiger partial charge in [0.25, 0.3) is 5.89 Å². The third-order valence-corrected chi connectivity index (χ3v) is 6.17. The Kier molecular flexibility index (Phi) is 3.34. The minimum atomic E-state index is 0.222.